The van der Waals surface area contributed by atoms with Crippen molar-refractivity contribution in [2.24, 2.45) is 0 Å². The summed E-state index contributed by atoms with van der Waals surface area (Å²) in [5.74, 6) is -0.418. The summed E-state index contributed by atoms with van der Waals surface area (Å²) in [6.07, 6.45) is 7.01. The van der Waals surface area contributed by atoms with E-state index in [0.717, 1.165) is 39.1 Å². The Morgan fingerprint density at radius 1 is 1.06 bits per heavy atom. The van der Waals surface area contributed by atoms with Gasteiger partial charge in [-0.2, -0.15) is 0 Å². The maximum atomic E-state index is 6.07. The summed E-state index contributed by atoms with van der Waals surface area (Å²) in [5.41, 5.74) is 0. The standard InChI is InChI=1S/C14H29NO2/c1-4-7-11-15-12-9-8-10-14(15,16-6-3)17-13-5-2/h4-13H2,1-3H3. The summed E-state index contributed by atoms with van der Waals surface area (Å²) in [4.78, 5) is 2.42. The predicted octanol–water partition coefficient (Wildman–Crippen LogP) is 3.39. The largest absolute Gasteiger partial charge is 0.338 e. The van der Waals surface area contributed by atoms with E-state index in [2.05, 4.69) is 25.7 Å². The minimum Gasteiger partial charge on any atom is -0.338 e. The van der Waals surface area contributed by atoms with Crippen molar-refractivity contribution in [2.45, 2.75) is 65.2 Å². The first-order chi connectivity index (χ1) is 8.29. The summed E-state index contributed by atoms with van der Waals surface area (Å²) >= 11 is 0. The molecule has 0 aromatic carbocycles. The molecule has 0 radical (unpaired) electrons. The summed E-state index contributed by atoms with van der Waals surface area (Å²) < 4.78 is 12.1. The summed E-state index contributed by atoms with van der Waals surface area (Å²) in [7, 11) is 0. The Bertz CT molecular complexity index is 195. The Kier molecular flexibility index (Phi) is 7.09. The lowest BCUT2D eigenvalue weighted by Crippen LogP contribution is -2.56. The highest BCUT2D eigenvalue weighted by molar-refractivity contribution is 4.78. The van der Waals surface area contributed by atoms with Gasteiger partial charge in [0, 0.05) is 26.1 Å². The number of unbranched alkanes of at least 4 members (excludes halogenated alkanes) is 1. The van der Waals surface area contributed by atoms with Gasteiger partial charge < -0.3 is 9.47 Å². The zero-order valence-electron chi connectivity index (χ0n) is 11.8. The number of rotatable bonds is 8. The van der Waals surface area contributed by atoms with Gasteiger partial charge in [0.1, 0.15) is 0 Å². The Morgan fingerprint density at radius 3 is 2.53 bits per heavy atom. The second-order valence-electron chi connectivity index (χ2n) is 4.79. The van der Waals surface area contributed by atoms with Crippen LogP contribution in [0.3, 0.4) is 0 Å². The summed E-state index contributed by atoms with van der Waals surface area (Å²) in [6, 6.07) is 0. The minimum atomic E-state index is -0.418. The number of nitrogens with zero attached hydrogens (tertiary/aromatic N) is 1. The van der Waals surface area contributed by atoms with Crippen LogP contribution in [-0.4, -0.2) is 37.1 Å². The van der Waals surface area contributed by atoms with Gasteiger partial charge in [-0.05, 0) is 32.6 Å². The molecule has 0 saturated carbocycles. The van der Waals surface area contributed by atoms with Gasteiger partial charge in [-0.15, -0.1) is 0 Å². The fourth-order valence-electron chi connectivity index (χ4n) is 2.47. The SMILES string of the molecule is CCCCN1CCCCC1(OCC)OCCC. The molecule has 1 fully saturated rings. The molecule has 0 spiro atoms. The molecule has 102 valence electrons. The van der Waals surface area contributed by atoms with Crippen molar-refractivity contribution in [3.05, 3.63) is 0 Å². The van der Waals surface area contributed by atoms with E-state index < -0.39 is 5.91 Å². The van der Waals surface area contributed by atoms with Crippen molar-refractivity contribution in [2.75, 3.05) is 26.3 Å². The van der Waals surface area contributed by atoms with Crippen LogP contribution in [0.4, 0.5) is 0 Å². The van der Waals surface area contributed by atoms with E-state index in [-0.39, 0.29) is 0 Å². The molecular weight excluding hydrogens is 214 g/mol. The van der Waals surface area contributed by atoms with E-state index >= 15 is 0 Å². The molecule has 0 amide bonds. The van der Waals surface area contributed by atoms with Crippen LogP contribution in [0.5, 0.6) is 0 Å². The van der Waals surface area contributed by atoms with Gasteiger partial charge >= 0.3 is 0 Å². The van der Waals surface area contributed by atoms with E-state index in [1.807, 2.05) is 0 Å². The van der Waals surface area contributed by atoms with E-state index in [1.165, 1.54) is 25.7 Å². The highest BCUT2D eigenvalue weighted by atomic mass is 16.7. The molecule has 0 aromatic heterocycles. The lowest BCUT2D eigenvalue weighted by atomic mass is 10.1. The monoisotopic (exact) mass is 243 g/mol. The number of piperidine rings is 1. The Hall–Kier alpha value is -0.120. The quantitative estimate of drug-likeness (QED) is 0.610. The van der Waals surface area contributed by atoms with E-state index in [4.69, 9.17) is 9.47 Å². The highest BCUT2D eigenvalue weighted by Gasteiger charge is 2.40. The van der Waals surface area contributed by atoms with Crippen LogP contribution in [0.2, 0.25) is 0 Å². The van der Waals surface area contributed by atoms with Crippen LogP contribution in [0.15, 0.2) is 0 Å². The molecule has 0 N–H and O–H groups in total. The molecule has 0 bridgehead atoms. The van der Waals surface area contributed by atoms with Crippen LogP contribution < -0.4 is 0 Å². The van der Waals surface area contributed by atoms with Crippen molar-refractivity contribution in [3.63, 3.8) is 0 Å². The molecule has 1 aliphatic rings. The predicted molar refractivity (Wildman–Crippen MR) is 70.9 cm³/mol. The highest BCUT2D eigenvalue weighted by Crippen LogP contribution is 2.31. The number of hydrogen-bond acceptors (Lipinski definition) is 3. The van der Waals surface area contributed by atoms with Crippen LogP contribution in [-0.2, 0) is 9.47 Å². The molecule has 17 heavy (non-hydrogen) atoms. The average molecular weight is 243 g/mol. The third-order valence-electron chi connectivity index (χ3n) is 3.34. The fourth-order valence-corrected chi connectivity index (χ4v) is 2.47. The minimum absolute atomic E-state index is 0.418. The molecular formula is C14H29NO2. The number of likely N-dealkylation sites (tertiary alicyclic amines) is 1. The molecule has 0 aliphatic carbocycles. The molecule has 1 aliphatic heterocycles. The zero-order valence-corrected chi connectivity index (χ0v) is 11.8. The van der Waals surface area contributed by atoms with Gasteiger partial charge in [-0.1, -0.05) is 20.3 Å². The van der Waals surface area contributed by atoms with Crippen LogP contribution in [0.1, 0.15) is 59.3 Å². The Morgan fingerprint density at radius 2 is 1.88 bits per heavy atom. The fraction of sp³-hybridized carbons (Fsp3) is 1.00. The molecule has 3 nitrogen and oxygen atoms in total. The molecule has 1 unspecified atom stereocenters. The molecule has 0 aromatic rings. The first-order valence-corrected chi connectivity index (χ1v) is 7.32. The van der Waals surface area contributed by atoms with Crippen molar-refractivity contribution in [1.29, 1.82) is 0 Å². The summed E-state index contributed by atoms with van der Waals surface area (Å²) in [6.45, 7) is 10.2. The second-order valence-corrected chi connectivity index (χ2v) is 4.79. The third-order valence-corrected chi connectivity index (χ3v) is 3.34. The second kappa shape index (κ2) is 8.06. The molecule has 1 rings (SSSR count). The third kappa shape index (κ3) is 4.23. The van der Waals surface area contributed by atoms with Crippen molar-refractivity contribution in [1.82, 2.24) is 4.90 Å². The molecule has 1 atom stereocenters. The van der Waals surface area contributed by atoms with Gasteiger partial charge in [0.15, 0.2) is 0 Å². The Balaban J connectivity index is 2.64. The maximum absolute atomic E-state index is 6.07. The average Bonchev–Trinajstić information content (AvgIpc) is 2.36. The van der Waals surface area contributed by atoms with Crippen LogP contribution in [0.25, 0.3) is 0 Å². The zero-order chi connectivity index (χ0) is 12.6. The van der Waals surface area contributed by atoms with Crippen molar-refractivity contribution in [3.8, 4) is 0 Å². The lowest BCUT2D eigenvalue weighted by molar-refractivity contribution is -0.329. The van der Waals surface area contributed by atoms with Crippen molar-refractivity contribution < 1.29 is 9.47 Å². The van der Waals surface area contributed by atoms with Crippen molar-refractivity contribution >= 4 is 0 Å². The molecule has 3 heteroatoms. The van der Waals surface area contributed by atoms with Gasteiger partial charge in [0.25, 0.3) is 0 Å². The lowest BCUT2D eigenvalue weighted by Gasteiger charge is -2.46. The van der Waals surface area contributed by atoms with Crippen LogP contribution in [0, 0.1) is 0 Å². The van der Waals surface area contributed by atoms with E-state index in [0.29, 0.717) is 0 Å². The smallest absolute Gasteiger partial charge is 0.229 e. The first kappa shape index (κ1) is 14.9. The van der Waals surface area contributed by atoms with E-state index in [1.54, 1.807) is 0 Å². The molecule has 1 saturated heterocycles. The number of hydrogen-bond donors (Lipinski definition) is 0. The van der Waals surface area contributed by atoms with E-state index in [9.17, 15) is 0 Å². The number of ether oxygens (including phenoxy) is 2. The summed E-state index contributed by atoms with van der Waals surface area (Å²) in [5, 5.41) is 0. The van der Waals surface area contributed by atoms with Gasteiger partial charge in [-0.25, -0.2) is 0 Å². The normalized spacial score (nSPS) is 26.3. The topological polar surface area (TPSA) is 21.7 Å². The van der Waals surface area contributed by atoms with Crippen LogP contribution >= 0.6 is 0 Å². The van der Waals surface area contributed by atoms with Gasteiger partial charge in [0.2, 0.25) is 5.91 Å². The maximum Gasteiger partial charge on any atom is 0.229 e. The Labute approximate surface area is 106 Å². The van der Waals surface area contributed by atoms with Gasteiger partial charge in [-0.3, -0.25) is 4.90 Å². The van der Waals surface area contributed by atoms with Gasteiger partial charge in [0.05, 0.1) is 6.61 Å². The first-order valence-electron chi connectivity index (χ1n) is 7.32. The molecule has 1 heterocycles.